The van der Waals surface area contributed by atoms with Gasteiger partial charge >= 0.3 is 23.8 Å². The van der Waals surface area contributed by atoms with Crippen molar-refractivity contribution >= 4 is 35.1 Å². The Morgan fingerprint density at radius 1 is 0.906 bits per heavy atom. The lowest BCUT2D eigenvalue weighted by Gasteiger charge is -2.42. The average Bonchev–Trinajstić information content (AvgIpc) is 2.80. The van der Waals surface area contributed by atoms with E-state index in [2.05, 4.69) is 0 Å². The van der Waals surface area contributed by atoms with Crippen LogP contribution in [0.4, 0.5) is 11.4 Å². The quantitative estimate of drug-likeness (QED) is 0.538. The number of anilines is 2. The molecule has 1 aliphatic rings. The summed E-state index contributed by atoms with van der Waals surface area (Å²) in [5.41, 5.74) is 1.67. The van der Waals surface area contributed by atoms with Crippen molar-refractivity contribution in [2.75, 3.05) is 23.0 Å². The molecule has 2 aromatic rings. The lowest BCUT2D eigenvalue weighted by Crippen LogP contribution is -2.51. The largest absolute Gasteiger partial charge is 0.459 e. The van der Waals surface area contributed by atoms with Crippen LogP contribution in [-0.2, 0) is 28.7 Å². The number of carbonyl (C=O) groups excluding carboxylic acids is 4. The molecule has 3 rings (SSSR count). The number of hydrogen-bond donors (Lipinski definition) is 0. The summed E-state index contributed by atoms with van der Waals surface area (Å²) in [5, 5.41) is 0. The van der Waals surface area contributed by atoms with Gasteiger partial charge in [-0.05, 0) is 51.0 Å². The maximum absolute atomic E-state index is 13.2. The summed E-state index contributed by atoms with van der Waals surface area (Å²) in [6.07, 6.45) is 0.308. The number of benzene rings is 2. The predicted molar refractivity (Wildman–Crippen MR) is 118 cm³/mol. The van der Waals surface area contributed by atoms with Crippen molar-refractivity contribution < 1.29 is 28.7 Å². The van der Waals surface area contributed by atoms with E-state index in [0.29, 0.717) is 23.4 Å². The van der Waals surface area contributed by atoms with Crippen molar-refractivity contribution in [1.82, 2.24) is 0 Å². The van der Waals surface area contributed by atoms with Gasteiger partial charge in [0.1, 0.15) is 0 Å². The smallest absolute Gasteiger partial charge is 0.397 e. The molecule has 1 heterocycles. The van der Waals surface area contributed by atoms with Crippen LogP contribution in [0.25, 0.3) is 0 Å². The second-order valence-electron chi connectivity index (χ2n) is 7.29. The van der Waals surface area contributed by atoms with Crippen molar-refractivity contribution in [3.8, 4) is 0 Å². The molecule has 0 fully saturated rings. The van der Waals surface area contributed by atoms with E-state index in [9.17, 15) is 19.2 Å². The van der Waals surface area contributed by atoms with Gasteiger partial charge in [-0.25, -0.2) is 9.59 Å². The fourth-order valence-corrected chi connectivity index (χ4v) is 3.95. The van der Waals surface area contributed by atoms with Gasteiger partial charge in [-0.1, -0.05) is 36.4 Å². The zero-order valence-corrected chi connectivity index (χ0v) is 18.3. The van der Waals surface area contributed by atoms with Crippen LogP contribution in [-0.4, -0.2) is 43.0 Å². The summed E-state index contributed by atoms with van der Waals surface area (Å²) in [6, 6.07) is 14.9. The third-order valence-corrected chi connectivity index (χ3v) is 5.24. The van der Waals surface area contributed by atoms with Crippen LogP contribution in [0.3, 0.4) is 0 Å². The molecule has 0 N–H and O–H groups in total. The average molecular weight is 438 g/mol. The molecule has 0 bridgehead atoms. The van der Waals surface area contributed by atoms with Crippen LogP contribution in [0.15, 0.2) is 54.6 Å². The zero-order valence-electron chi connectivity index (χ0n) is 18.3. The number of fused-ring (bicyclic) bond motifs is 1. The summed E-state index contributed by atoms with van der Waals surface area (Å²) >= 11 is 0. The van der Waals surface area contributed by atoms with Gasteiger partial charge in [0.05, 0.1) is 19.3 Å². The van der Waals surface area contributed by atoms with Crippen molar-refractivity contribution in [2.24, 2.45) is 0 Å². The van der Waals surface area contributed by atoms with Gasteiger partial charge in [0.15, 0.2) is 0 Å². The van der Waals surface area contributed by atoms with E-state index in [4.69, 9.17) is 9.47 Å². The summed E-state index contributed by atoms with van der Waals surface area (Å²) in [6.45, 7) is 5.22. The highest BCUT2D eigenvalue weighted by atomic mass is 16.5. The predicted octanol–water partition coefficient (Wildman–Crippen LogP) is 3.01. The molecule has 0 aliphatic carbocycles. The number of rotatable bonds is 4. The Morgan fingerprint density at radius 2 is 1.50 bits per heavy atom. The first kappa shape index (κ1) is 23.0. The van der Waals surface area contributed by atoms with Crippen LogP contribution in [0, 0.1) is 0 Å². The molecule has 2 amide bonds. The molecule has 1 aliphatic heterocycles. The summed E-state index contributed by atoms with van der Waals surface area (Å²) < 4.78 is 9.88. The molecule has 8 heteroatoms. The Bertz CT molecular complexity index is 1010. The van der Waals surface area contributed by atoms with E-state index in [-0.39, 0.29) is 13.2 Å². The number of ether oxygens (including phenoxy) is 2. The van der Waals surface area contributed by atoms with Gasteiger partial charge in [-0.15, -0.1) is 0 Å². The molecule has 0 saturated heterocycles. The van der Waals surface area contributed by atoms with E-state index >= 15 is 0 Å². The molecule has 2 aromatic carbocycles. The monoisotopic (exact) mass is 438 g/mol. The molecule has 8 nitrogen and oxygen atoms in total. The molecule has 0 unspecified atom stereocenters. The Morgan fingerprint density at radius 3 is 2.16 bits per heavy atom. The fourth-order valence-electron chi connectivity index (χ4n) is 3.95. The van der Waals surface area contributed by atoms with Crippen molar-refractivity contribution in [3.63, 3.8) is 0 Å². The maximum atomic E-state index is 13.2. The van der Waals surface area contributed by atoms with Crippen LogP contribution in [0.2, 0.25) is 0 Å². The van der Waals surface area contributed by atoms with Gasteiger partial charge in [-0.3, -0.25) is 19.4 Å². The highest BCUT2D eigenvalue weighted by Gasteiger charge is 2.42. The molecule has 0 spiro atoms. The van der Waals surface area contributed by atoms with Gasteiger partial charge in [0.25, 0.3) is 0 Å². The van der Waals surface area contributed by atoms with Crippen LogP contribution in [0.5, 0.6) is 0 Å². The molecule has 0 aromatic heterocycles. The maximum Gasteiger partial charge on any atom is 0.397 e. The minimum Gasteiger partial charge on any atom is -0.459 e. The molecular weight excluding hydrogens is 412 g/mol. The molecule has 2 atom stereocenters. The fraction of sp³-hybridized carbons (Fsp3) is 0.333. The van der Waals surface area contributed by atoms with E-state index < -0.39 is 35.8 Å². The van der Waals surface area contributed by atoms with E-state index in [1.807, 2.05) is 6.07 Å². The second-order valence-corrected chi connectivity index (χ2v) is 7.29. The van der Waals surface area contributed by atoms with Crippen LogP contribution >= 0.6 is 0 Å². The molecular formula is C24H26N2O6. The molecule has 0 saturated carbocycles. The lowest BCUT2D eigenvalue weighted by atomic mass is 9.89. The lowest BCUT2D eigenvalue weighted by molar-refractivity contribution is -0.153. The Hall–Kier alpha value is -3.68. The zero-order chi connectivity index (χ0) is 23.3. The number of carbonyl (C=O) groups is 4. The van der Waals surface area contributed by atoms with Crippen molar-refractivity contribution in [3.05, 3.63) is 60.2 Å². The molecule has 0 radical (unpaired) electrons. The standard InChI is InChI=1S/C24H26N2O6/c1-4-31-23(29)21(27)25-16(3)15-20(18-13-9-10-14-19(18)25)26(17-11-7-6-8-12-17)22(28)24(30)32-5-2/h6-14,16,20H,4-5,15H2,1-3H3/t16-,20+/m0/s1. The number of nitrogens with zero attached hydrogens (tertiary/aromatic N) is 2. The third kappa shape index (κ3) is 4.49. The number of hydrogen-bond acceptors (Lipinski definition) is 6. The van der Waals surface area contributed by atoms with Gasteiger partial charge in [0.2, 0.25) is 0 Å². The topological polar surface area (TPSA) is 93.2 Å². The summed E-state index contributed by atoms with van der Waals surface area (Å²) in [7, 11) is 0. The number of esters is 2. The summed E-state index contributed by atoms with van der Waals surface area (Å²) in [5.74, 6) is -3.45. The van der Waals surface area contributed by atoms with Gasteiger partial charge < -0.3 is 9.47 Å². The minimum absolute atomic E-state index is 0.0761. The minimum atomic E-state index is -0.952. The first-order valence-electron chi connectivity index (χ1n) is 10.5. The number of para-hydroxylation sites is 2. The van der Waals surface area contributed by atoms with Gasteiger partial charge in [0, 0.05) is 17.4 Å². The first-order chi connectivity index (χ1) is 15.4. The highest BCUT2D eigenvalue weighted by Crippen LogP contribution is 2.42. The van der Waals surface area contributed by atoms with Gasteiger partial charge in [-0.2, -0.15) is 0 Å². The highest BCUT2D eigenvalue weighted by molar-refractivity contribution is 6.39. The Kier molecular flexibility index (Phi) is 7.25. The second kappa shape index (κ2) is 10.1. The van der Waals surface area contributed by atoms with Crippen molar-refractivity contribution in [1.29, 1.82) is 0 Å². The number of amides is 2. The van der Waals surface area contributed by atoms with E-state index in [1.54, 1.807) is 69.3 Å². The summed E-state index contributed by atoms with van der Waals surface area (Å²) in [4.78, 5) is 53.3. The van der Waals surface area contributed by atoms with Crippen LogP contribution < -0.4 is 9.80 Å². The van der Waals surface area contributed by atoms with E-state index in [1.165, 1.54) is 9.80 Å². The first-order valence-corrected chi connectivity index (χ1v) is 10.5. The SMILES string of the molecule is CCOC(=O)C(=O)N(c1ccccc1)[C@@H]1C[C@H](C)N(C(=O)C(=O)OCC)c2ccccc21. The third-order valence-electron chi connectivity index (χ3n) is 5.24. The molecule has 168 valence electrons. The Labute approximate surface area is 186 Å². The molecule has 32 heavy (non-hydrogen) atoms. The van der Waals surface area contributed by atoms with Crippen molar-refractivity contribution in [2.45, 2.75) is 39.3 Å². The normalized spacial score (nSPS) is 17.2. The van der Waals surface area contributed by atoms with E-state index in [0.717, 1.165) is 0 Å². The Balaban J connectivity index is 2.09. The van der Waals surface area contributed by atoms with Crippen LogP contribution in [0.1, 0.15) is 38.8 Å².